The minimum atomic E-state index is -0.709. The molecule has 0 fully saturated rings. The van der Waals surface area contributed by atoms with E-state index in [0.29, 0.717) is 18.9 Å². The summed E-state index contributed by atoms with van der Waals surface area (Å²) in [7, 11) is 1.60. The Labute approximate surface area is 164 Å². The van der Waals surface area contributed by atoms with Crippen molar-refractivity contribution in [1.29, 1.82) is 0 Å². The zero-order valence-electron chi connectivity index (χ0n) is 16.2. The van der Waals surface area contributed by atoms with Crippen LogP contribution in [0.1, 0.15) is 31.1 Å². The van der Waals surface area contributed by atoms with Gasteiger partial charge in [0.15, 0.2) is 0 Å². The molecule has 0 saturated carbocycles. The lowest BCUT2D eigenvalue weighted by Gasteiger charge is -2.11. The number of hydrogen-bond acceptors (Lipinski definition) is 6. The molecule has 2 aromatic carbocycles. The Hall–Kier alpha value is -3.19. The second kappa shape index (κ2) is 9.14. The molecule has 3 rings (SSSR count). The first-order valence-corrected chi connectivity index (χ1v) is 9.00. The number of aliphatic hydroxyl groups excluding tert-OH is 1. The Bertz CT molecular complexity index is 948. The minimum Gasteiger partial charge on any atom is -0.497 e. The lowest BCUT2D eigenvalue weighted by atomic mass is 10.1. The second-order valence-electron chi connectivity index (χ2n) is 6.63. The van der Waals surface area contributed by atoms with E-state index in [1.54, 1.807) is 11.8 Å². The lowest BCUT2D eigenvalue weighted by Crippen LogP contribution is -2.09. The number of methoxy groups -OCH3 is 1. The van der Waals surface area contributed by atoms with Crippen molar-refractivity contribution in [2.45, 2.75) is 33.1 Å². The Morgan fingerprint density at radius 3 is 2.79 bits per heavy atom. The minimum absolute atomic E-state index is 0.299. The lowest BCUT2D eigenvalue weighted by molar-refractivity contribution is 0.130. The topological polar surface area (TPSA) is 81.8 Å². The van der Waals surface area contributed by atoms with Crippen molar-refractivity contribution in [2.24, 2.45) is 5.16 Å². The first kappa shape index (κ1) is 19.6. The van der Waals surface area contributed by atoms with Crippen LogP contribution < -0.4 is 4.74 Å². The normalized spacial score (nSPS) is 11.7. The van der Waals surface area contributed by atoms with Gasteiger partial charge in [-0.15, -0.1) is 5.10 Å². The SMILES string of the molecule is COc1cccc([C@@H](O)Cn2cc(-c3cccc(CON=C(C)C)c3)nn2)c1. The molecule has 0 saturated heterocycles. The van der Waals surface area contributed by atoms with Gasteiger partial charge in [0.25, 0.3) is 0 Å². The van der Waals surface area contributed by atoms with Gasteiger partial charge >= 0.3 is 0 Å². The number of hydrogen-bond donors (Lipinski definition) is 1. The highest BCUT2D eigenvalue weighted by atomic mass is 16.6. The maximum atomic E-state index is 10.5. The van der Waals surface area contributed by atoms with Gasteiger partial charge in [-0.2, -0.15) is 0 Å². The summed E-state index contributed by atoms with van der Waals surface area (Å²) in [4.78, 5) is 5.30. The molecular formula is C21H24N4O3. The van der Waals surface area contributed by atoms with E-state index in [2.05, 4.69) is 15.5 Å². The van der Waals surface area contributed by atoms with Crippen molar-refractivity contribution in [2.75, 3.05) is 7.11 Å². The summed E-state index contributed by atoms with van der Waals surface area (Å²) in [5.74, 6) is 0.706. The van der Waals surface area contributed by atoms with Crippen molar-refractivity contribution >= 4 is 5.71 Å². The van der Waals surface area contributed by atoms with Crippen LogP contribution in [0.3, 0.4) is 0 Å². The van der Waals surface area contributed by atoms with Crippen LogP contribution in [0.15, 0.2) is 59.9 Å². The van der Waals surface area contributed by atoms with Crippen molar-refractivity contribution in [1.82, 2.24) is 15.0 Å². The van der Waals surface area contributed by atoms with E-state index in [1.807, 2.05) is 68.6 Å². The molecule has 7 nitrogen and oxygen atoms in total. The number of rotatable bonds is 8. The van der Waals surface area contributed by atoms with E-state index in [0.717, 1.165) is 28.1 Å². The smallest absolute Gasteiger partial charge is 0.142 e. The Kier molecular flexibility index (Phi) is 6.39. The zero-order valence-corrected chi connectivity index (χ0v) is 16.2. The Balaban J connectivity index is 1.69. The van der Waals surface area contributed by atoms with E-state index >= 15 is 0 Å². The van der Waals surface area contributed by atoms with Crippen LogP contribution in [0.4, 0.5) is 0 Å². The quantitative estimate of drug-likeness (QED) is 0.477. The van der Waals surface area contributed by atoms with E-state index < -0.39 is 6.10 Å². The third kappa shape index (κ3) is 5.17. The second-order valence-corrected chi connectivity index (χ2v) is 6.63. The molecule has 1 atom stereocenters. The van der Waals surface area contributed by atoms with E-state index in [1.165, 1.54) is 0 Å². The van der Waals surface area contributed by atoms with Gasteiger partial charge in [0.05, 0.1) is 31.7 Å². The maximum Gasteiger partial charge on any atom is 0.142 e. The van der Waals surface area contributed by atoms with Gasteiger partial charge in [-0.1, -0.05) is 40.7 Å². The highest BCUT2D eigenvalue weighted by Crippen LogP contribution is 2.22. The van der Waals surface area contributed by atoms with Crippen molar-refractivity contribution in [3.8, 4) is 17.0 Å². The molecule has 1 aromatic heterocycles. The summed E-state index contributed by atoms with van der Waals surface area (Å²) in [6.07, 6.45) is 1.11. The van der Waals surface area contributed by atoms with Crippen molar-refractivity contribution in [3.05, 3.63) is 65.9 Å². The molecule has 0 radical (unpaired) electrons. The number of ether oxygens (including phenoxy) is 1. The summed E-state index contributed by atoms with van der Waals surface area (Å²) < 4.78 is 6.84. The molecule has 1 heterocycles. The molecule has 0 aliphatic heterocycles. The fourth-order valence-electron chi connectivity index (χ4n) is 2.71. The van der Waals surface area contributed by atoms with Crippen LogP contribution in [0.5, 0.6) is 5.75 Å². The molecule has 146 valence electrons. The largest absolute Gasteiger partial charge is 0.497 e. The molecule has 28 heavy (non-hydrogen) atoms. The van der Waals surface area contributed by atoms with Crippen LogP contribution in [0.2, 0.25) is 0 Å². The number of aliphatic hydroxyl groups is 1. The van der Waals surface area contributed by atoms with Crippen LogP contribution >= 0.6 is 0 Å². The van der Waals surface area contributed by atoms with Gasteiger partial charge in [-0.25, -0.2) is 4.68 Å². The Morgan fingerprint density at radius 2 is 2.00 bits per heavy atom. The number of nitrogens with zero attached hydrogens (tertiary/aromatic N) is 4. The van der Waals surface area contributed by atoms with Gasteiger partial charge < -0.3 is 14.7 Å². The fourth-order valence-corrected chi connectivity index (χ4v) is 2.71. The summed E-state index contributed by atoms with van der Waals surface area (Å²) in [5.41, 5.74) is 4.29. The van der Waals surface area contributed by atoms with Crippen molar-refractivity contribution < 1.29 is 14.7 Å². The average molecular weight is 380 g/mol. The summed E-state index contributed by atoms with van der Waals surface area (Å²) in [6.45, 7) is 4.46. The van der Waals surface area contributed by atoms with Crippen LogP contribution in [0, 0.1) is 0 Å². The number of aromatic nitrogens is 3. The van der Waals surface area contributed by atoms with Gasteiger partial charge in [0.1, 0.15) is 18.1 Å². The van der Waals surface area contributed by atoms with Gasteiger partial charge in [-0.05, 0) is 43.2 Å². The molecule has 0 bridgehead atoms. The van der Waals surface area contributed by atoms with Crippen molar-refractivity contribution in [3.63, 3.8) is 0 Å². The van der Waals surface area contributed by atoms with Crippen LogP contribution in [-0.2, 0) is 18.0 Å². The summed E-state index contributed by atoms with van der Waals surface area (Å²) >= 11 is 0. The molecule has 0 amide bonds. The highest BCUT2D eigenvalue weighted by molar-refractivity contribution is 5.78. The molecule has 0 spiro atoms. The van der Waals surface area contributed by atoms with E-state index in [4.69, 9.17) is 9.57 Å². The summed E-state index contributed by atoms with van der Waals surface area (Å²) in [5, 5.41) is 22.8. The molecule has 7 heteroatoms. The van der Waals surface area contributed by atoms with Gasteiger partial charge in [-0.3, -0.25) is 0 Å². The molecule has 0 unspecified atom stereocenters. The molecule has 0 aliphatic carbocycles. The maximum absolute atomic E-state index is 10.5. The van der Waals surface area contributed by atoms with Crippen LogP contribution in [-0.4, -0.2) is 32.9 Å². The monoisotopic (exact) mass is 380 g/mol. The third-order valence-electron chi connectivity index (χ3n) is 4.08. The first-order valence-electron chi connectivity index (χ1n) is 9.00. The number of benzene rings is 2. The highest BCUT2D eigenvalue weighted by Gasteiger charge is 2.12. The third-order valence-corrected chi connectivity index (χ3v) is 4.08. The number of oxime groups is 1. The predicted molar refractivity (Wildman–Crippen MR) is 107 cm³/mol. The molecule has 1 N–H and O–H groups in total. The average Bonchev–Trinajstić information content (AvgIpc) is 3.16. The predicted octanol–water partition coefficient (Wildman–Crippen LogP) is 3.60. The van der Waals surface area contributed by atoms with Gasteiger partial charge in [0.2, 0.25) is 0 Å². The van der Waals surface area contributed by atoms with E-state index in [9.17, 15) is 5.11 Å². The van der Waals surface area contributed by atoms with Crippen LogP contribution in [0.25, 0.3) is 11.3 Å². The standard InChI is InChI=1S/C21H24N4O3/c1-15(2)23-28-14-16-6-4-7-17(10-16)20-12-25(24-22-20)13-21(26)18-8-5-9-19(11-18)27-3/h4-12,21,26H,13-14H2,1-3H3/t21-/m0/s1. The van der Waals surface area contributed by atoms with E-state index in [-0.39, 0.29) is 0 Å². The molecular weight excluding hydrogens is 356 g/mol. The van der Waals surface area contributed by atoms with Gasteiger partial charge in [0, 0.05) is 5.56 Å². The first-order chi connectivity index (χ1) is 13.5. The zero-order chi connectivity index (χ0) is 19.9. The Morgan fingerprint density at radius 1 is 1.18 bits per heavy atom. The molecule has 0 aliphatic rings. The molecule has 3 aromatic rings. The fraction of sp³-hybridized carbons (Fsp3) is 0.286. The summed E-state index contributed by atoms with van der Waals surface area (Å²) in [6, 6.07) is 15.2.